The van der Waals surface area contributed by atoms with Crippen LogP contribution in [0.4, 0.5) is 0 Å². The highest BCUT2D eigenvalue weighted by molar-refractivity contribution is 5.68. The third kappa shape index (κ3) is 8.18. The molecule has 0 aromatic rings. The zero-order valence-corrected chi connectivity index (χ0v) is 20.2. The molecule has 9 atom stereocenters. The van der Waals surface area contributed by atoms with Crippen molar-refractivity contribution in [1.82, 2.24) is 0 Å². The number of azide groups is 2. The Morgan fingerprint density at radius 1 is 0.811 bits per heavy atom. The third-order valence-corrected chi connectivity index (χ3v) is 5.06. The van der Waals surface area contributed by atoms with Gasteiger partial charge in [0.05, 0.1) is 6.54 Å². The minimum Gasteiger partial charge on any atom is -0.463 e. The molecule has 0 aliphatic carbocycles. The highest BCUT2D eigenvalue weighted by Crippen LogP contribution is 2.34. The van der Waals surface area contributed by atoms with Crippen LogP contribution in [0.2, 0.25) is 0 Å². The average Bonchev–Trinajstić information content (AvgIpc) is 3.08. The van der Waals surface area contributed by atoms with Crippen LogP contribution in [0.5, 0.6) is 0 Å². The van der Waals surface area contributed by atoms with E-state index < -0.39 is 92.3 Å². The lowest BCUT2D eigenvalue weighted by Crippen LogP contribution is -2.62. The zero-order valence-electron chi connectivity index (χ0n) is 20.2. The fourth-order valence-corrected chi connectivity index (χ4v) is 3.79. The van der Waals surface area contributed by atoms with Crippen LogP contribution in [-0.2, 0) is 52.3 Å². The molecule has 0 bridgehead atoms. The van der Waals surface area contributed by atoms with Gasteiger partial charge in [0.1, 0.15) is 31.0 Å². The number of hydrogen-bond donors (Lipinski definition) is 1. The van der Waals surface area contributed by atoms with Crippen molar-refractivity contribution >= 4 is 23.9 Å². The highest BCUT2D eigenvalue weighted by atomic mass is 16.7. The number of aliphatic hydroxyl groups is 1. The zero-order chi connectivity index (χ0) is 27.7. The van der Waals surface area contributed by atoms with Gasteiger partial charge in [-0.2, -0.15) is 0 Å². The molecule has 37 heavy (non-hydrogen) atoms. The second-order valence-corrected chi connectivity index (χ2v) is 7.84. The quantitative estimate of drug-likeness (QED) is 0.130. The van der Waals surface area contributed by atoms with Crippen molar-refractivity contribution in [3.63, 3.8) is 0 Å². The molecule has 2 fully saturated rings. The van der Waals surface area contributed by atoms with E-state index >= 15 is 0 Å². The molecule has 2 aliphatic heterocycles. The molecule has 2 rings (SSSR count). The Labute approximate surface area is 209 Å². The molecule has 1 unspecified atom stereocenters. The Kier molecular flexibility index (Phi) is 10.9. The predicted molar refractivity (Wildman–Crippen MR) is 115 cm³/mol. The lowest BCUT2D eigenvalue weighted by molar-refractivity contribution is -0.285. The van der Waals surface area contributed by atoms with E-state index in [1.54, 1.807) is 0 Å². The summed E-state index contributed by atoms with van der Waals surface area (Å²) in [5, 5.41) is 17.3. The van der Waals surface area contributed by atoms with Crippen LogP contribution >= 0.6 is 0 Å². The summed E-state index contributed by atoms with van der Waals surface area (Å²) in [6, 6.07) is -1.49. The summed E-state index contributed by atoms with van der Waals surface area (Å²) in [6.45, 7) is 3.47. The first-order valence-electron chi connectivity index (χ1n) is 10.8. The number of esters is 4. The van der Waals surface area contributed by atoms with Gasteiger partial charge in [0.15, 0.2) is 30.9 Å². The molecule has 0 aromatic heterocycles. The number of ether oxygens (including phenoxy) is 7. The molecule has 0 amide bonds. The standard InChI is InChI=1S/C19H26N6O12/c1-7(26)31-6-12-15(17(18(30)35-12)34-10(4)29)37-19-13(23-25-21)16(33-9(3)28)14(32-8(2)27)11(36-19)5-22-24-20/h11-19,30H,5-6H2,1-4H3/t11-,12+,13+,14+,15+,16+,17+,18?,19+/m0/s1. The first-order valence-corrected chi connectivity index (χ1v) is 10.8. The van der Waals surface area contributed by atoms with Crippen molar-refractivity contribution in [3.05, 3.63) is 20.9 Å². The molecule has 0 spiro atoms. The van der Waals surface area contributed by atoms with Gasteiger partial charge in [-0.1, -0.05) is 10.2 Å². The molecule has 204 valence electrons. The second kappa shape index (κ2) is 13.6. The molecule has 18 heteroatoms. The lowest BCUT2D eigenvalue weighted by Gasteiger charge is -2.44. The van der Waals surface area contributed by atoms with Crippen LogP contribution in [0.25, 0.3) is 20.9 Å². The Morgan fingerprint density at radius 2 is 1.41 bits per heavy atom. The number of hydrogen-bond acceptors (Lipinski definition) is 14. The normalized spacial score (nSPS) is 32.7. The van der Waals surface area contributed by atoms with Crippen LogP contribution in [0.1, 0.15) is 27.7 Å². The summed E-state index contributed by atoms with van der Waals surface area (Å²) in [6.07, 6.45) is -11.4. The molecule has 1 N–H and O–H groups in total. The smallest absolute Gasteiger partial charge is 0.303 e. The van der Waals surface area contributed by atoms with E-state index in [0.29, 0.717) is 0 Å². The fraction of sp³-hybridized carbons (Fsp3) is 0.789. The topological polar surface area (TPSA) is 251 Å². The maximum atomic E-state index is 11.9. The Hall–Kier alpha value is -3.66. The summed E-state index contributed by atoms with van der Waals surface area (Å²) in [7, 11) is 0. The fourth-order valence-electron chi connectivity index (χ4n) is 3.79. The number of rotatable bonds is 10. The lowest BCUT2D eigenvalue weighted by atomic mass is 9.96. The molecular weight excluding hydrogens is 504 g/mol. The first kappa shape index (κ1) is 29.6. The van der Waals surface area contributed by atoms with Crippen LogP contribution in [-0.4, -0.2) is 97.4 Å². The Balaban J connectivity index is 2.49. The van der Waals surface area contributed by atoms with Gasteiger partial charge in [-0.05, 0) is 11.1 Å². The number of carbonyl (C=O) groups excluding carboxylic acids is 4. The van der Waals surface area contributed by atoms with Crippen LogP contribution in [0.3, 0.4) is 0 Å². The minimum atomic E-state index is -1.70. The van der Waals surface area contributed by atoms with Gasteiger partial charge < -0.3 is 38.3 Å². The summed E-state index contributed by atoms with van der Waals surface area (Å²) < 4.78 is 37.6. The molecule has 2 aliphatic rings. The van der Waals surface area contributed by atoms with E-state index in [-0.39, 0.29) is 0 Å². The van der Waals surface area contributed by atoms with Gasteiger partial charge in [0, 0.05) is 37.5 Å². The largest absolute Gasteiger partial charge is 0.463 e. The van der Waals surface area contributed by atoms with Gasteiger partial charge >= 0.3 is 23.9 Å². The van der Waals surface area contributed by atoms with Gasteiger partial charge in [-0.25, -0.2) is 0 Å². The van der Waals surface area contributed by atoms with Crippen LogP contribution in [0, 0.1) is 0 Å². The number of carbonyl (C=O) groups is 4. The molecule has 2 heterocycles. The van der Waals surface area contributed by atoms with E-state index in [0.717, 1.165) is 27.7 Å². The van der Waals surface area contributed by atoms with Crippen molar-refractivity contribution in [3.8, 4) is 0 Å². The SMILES string of the molecule is CC(=O)OC[C@H]1OC(O)[C@H](OC(C)=O)[C@@H]1O[C@H]1O[C@@H](CN=[N+]=[N-])[C@@H](OC(C)=O)[C@H](OC(C)=O)[C@H]1N=[N+]=[N-]. The van der Waals surface area contributed by atoms with Gasteiger partial charge in [0.2, 0.25) is 0 Å². The van der Waals surface area contributed by atoms with Crippen molar-refractivity contribution in [2.75, 3.05) is 13.2 Å². The van der Waals surface area contributed by atoms with E-state index in [4.69, 9.17) is 38.7 Å². The number of aliphatic hydroxyl groups excluding tert-OH is 1. The van der Waals surface area contributed by atoms with Crippen molar-refractivity contribution in [2.24, 2.45) is 10.2 Å². The summed E-state index contributed by atoms with van der Waals surface area (Å²) in [5.41, 5.74) is 17.9. The van der Waals surface area contributed by atoms with E-state index in [1.807, 2.05) is 0 Å². The molecular formula is C19H26N6O12. The molecule has 0 radical (unpaired) electrons. The van der Waals surface area contributed by atoms with E-state index in [2.05, 4.69) is 20.1 Å². The summed E-state index contributed by atoms with van der Waals surface area (Å²) >= 11 is 0. The maximum absolute atomic E-state index is 11.9. The second-order valence-electron chi connectivity index (χ2n) is 7.84. The van der Waals surface area contributed by atoms with Gasteiger partial charge in [-0.3, -0.25) is 19.2 Å². The van der Waals surface area contributed by atoms with Gasteiger partial charge in [0.25, 0.3) is 0 Å². The van der Waals surface area contributed by atoms with Crippen molar-refractivity contribution in [2.45, 2.75) is 82.9 Å². The third-order valence-electron chi connectivity index (χ3n) is 5.06. The molecule has 0 aromatic carbocycles. The Bertz CT molecular complexity index is 967. The molecule has 2 saturated heterocycles. The van der Waals surface area contributed by atoms with Crippen LogP contribution < -0.4 is 0 Å². The average molecular weight is 530 g/mol. The molecule has 18 nitrogen and oxygen atoms in total. The van der Waals surface area contributed by atoms with Crippen molar-refractivity contribution < 1.29 is 57.4 Å². The highest BCUT2D eigenvalue weighted by Gasteiger charge is 2.54. The predicted octanol–water partition coefficient (Wildman–Crippen LogP) is 0.161. The monoisotopic (exact) mass is 530 g/mol. The van der Waals surface area contributed by atoms with Crippen molar-refractivity contribution in [1.29, 1.82) is 0 Å². The van der Waals surface area contributed by atoms with E-state index in [9.17, 15) is 29.8 Å². The summed E-state index contributed by atoms with van der Waals surface area (Å²) in [5.74, 6) is -3.13. The van der Waals surface area contributed by atoms with Crippen LogP contribution in [0.15, 0.2) is 10.2 Å². The first-order chi connectivity index (χ1) is 17.5. The van der Waals surface area contributed by atoms with Gasteiger partial charge in [-0.15, -0.1) is 0 Å². The van der Waals surface area contributed by atoms with E-state index in [1.165, 1.54) is 0 Å². The Morgan fingerprint density at radius 3 is 1.95 bits per heavy atom. The maximum Gasteiger partial charge on any atom is 0.303 e. The summed E-state index contributed by atoms with van der Waals surface area (Å²) in [4.78, 5) is 51.9. The minimum absolute atomic E-state index is 0.427. The molecule has 0 saturated carbocycles. The number of nitrogens with zero attached hydrogens (tertiary/aromatic N) is 6.